The highest BCUT2D eigenvalue weighted by Crippen LogP contribution is 2.29. The number of amides is 1. The first-order chi connectivity index (χ1) is 8.03. The maximum Gasteiger partial charge on any atom is 0.306 e. The van der Waals surface area contributed by atoms with Crippen LogP contribution in [0.5, 0.6) is 0 Å². The van der Waals surface area contributed by atoms with Gasteiger partial charge in [-0.25, -0.2) is 0 Å². The number of rotatable bonds is 2. The minimum absolute atomic E-state index is 0.0267. The van der Waals surface area contributed by atoms with Crippen molar-refractivity contribution < 1.29 is 19.4 Å². The highest BCUT2D eigenvalue weighted by Gasteiger charge is 2.41. The normalized spacial score (nSPS) is 30.5. The summed E-state index contributed by atoms with van der Waals surface area (Å²) in [6.45, 7) is 3.56. The molecule has 1 amide bonds. The Morgan fingerprint density at radius 3 is 2.47 bits per heavy atom. The molecule has 0 aromatic carbocycles. The molecular formula is C12H19NO4. The predicted molar refractivity (Wildman–Crippen MR) is 60.5 cm³/mol. The van der Waals surface area contributed by atoms with Gasteiger partial charge in [0.15, 0.2) is 0 Å². The fourth-order valence-electron chi connectivity index (χ4n) is 2.61. The number of piperidine rings is 1. The summed E-state index contributed by atoms with van der Waals surface area (Å²) in [5.74, 6) is -1.02. The van der Waals surface area contributed by atoms with Gasteiger partial charge in [-0.05, 0) is 32.6 Å². The zero-order valence-corrected chi connectivity index (χ0v) is 10.1. The Morgan fingerprint density at radius 2 is 2.00 bits per heavy atom. The van der Waals surface area contributed by atoms with Crippen LogP contribution in [-0.2, 0) is 14.3 Å². The molecule has 0 aliphatic carbocycles. The first-order valence-electron chi connectivity index (χ1n) is 6.19. The van der Waals surface area contributed by atoms with Gasteiger partial charge in [0, 0.05) is 19.7 Å². The van der Waals surface area contributed by atoms with Gasteiger partial charge in [-0.2, -0.15) is 0 Å². The SMILES string of the molecule is C[C@@]1(C(=O)N2CCC(C(=O)O)CC2)CCCO1. The van der Waals surface area contributed by atoms with Gasteiger partial charge in [0.2, 0.25) is 0 Å². The minimum atomic E-state index is -0.750. The van der Waals surface area contributed by atoms with Crippen molar-refractivity contribution in [3.63, 3.8) is 0 Å². The molecule has 2 aliphatic heterocycles. The summed E-state index contributed by atoms with van der Waals surface area (Å²) in [6, 6.07) is 0. The van der Waals surface area contributed by atoms with Gasteiger partial charge in [0.1, 0.15) is 5.60 Å². The second kappa shape index (κ2) is 4.64. The number of carboxylic acids is 1. The number of nitrogens with zero attached hydrogens (tertiary/aromatic N) is 1. The summed E-state index contributed by atoms with van der Waals surface area (Å²) < 4.78 is 5.52. The molecule has 96 valence electrons. The van der Waals surface area contributed by atoms with Gasteiger partial charge in [-0.3, -0.25) is 9.59 Å². The van der Waals surface area contributed by atoms with Gasteiger partial charge in [0.25, 0.3) is 5.91 Å². The van der Waals surface area contributed by atoms with Gasteiger partial charge < -0.3 is 14.7 Å². The average molecular weight is 241 g/mol. The molecule has 17 heavy (non-hydrogen) atoms. The Balaban J connectivity index is 1.92. The van der Waals surface area contributed by atoms with Crippen molar-refractivity contribution >= 4 is 11.9 Å². The number of hydrogen-bond acceptors (Lipinski definition) is 3. The van der Waals surface area contributed by atoms with E-state index < -0.39 is 11.6 Å². The molecule has 1 atom stereocenters. The number of likely N-dealkylation sites (tertiary alicyclic amines) is 1. The molecule has 0 aromatic heterocycles. The standard InChI is InChI=1S/C12H19NO4/c1-12(5-2-8-17-12)11(16)13-6-3-9(4-7-13)10(14)15/h9H,2-8H2,1H3,(H,14,15)/t12-/m0/s1. The van der Waals surface area contributed by atoms with E-state index in [1.54, 1.807) is 4.90 Å². The first-order valence-corrected chi connectivity index (χ1v) is 6.19. The van der Waals surface area contributed by atoms with E-state index in [4.69, 9.17) is 9.84 Å². The third-order valence-electron chi connectivity index (χ3n) is 3.80. The Bertz CT molecular complexity index is 314. The summed E-state index contributed by atoms with van der Waals surface area (Å²) >= 11 is 0. The van der Waals surface area contributed by atoms with Crippen molar-refractivity contribution in [3.8, 4) is 0 Å². The molecule has 1 N–H and O–H groups in total. The maximum absolute atomic E-state index is 12.3. The van der Waals surface area contributed by atoms with Crippen molar-refractivity contribution in [1.82, 2.24) is 4.90 Å². The van der Waals surface area contributed by atoms with Crippen LogP contribution in [0.25, 0.3) is 0 Å². The van der Waals surface area contributed by atoms with Crippen molar-refractivity contribution in [2.24, 2.45) is 5.92 Å². The molecular weight excluding hydrogens is 222 g/mol. The lowest BCUT2D eigenvalue weighted by molar-refractivity contribution is -0.155. The van der Waals surface area contributed by atoms with Crippen molar-refractivity contribution in [2.45, 2.75) is 38.2 Å². The average Bonchev–Trinajstić information content (AvgIpc) is 2.76. The van der Waals surface area contributed by atoms with Crippen molar-refractivity contribution in [1.29, 1.82) is 0 Å². The van der Waals surface area contributed by atoms with E-state index in [2.05, 4.69) is 0 Å². The molecule has 5 heteroatoms. The zero-order chi connectivity index (χ0) is 12.5. The van der Waals surface area contributed by atoms with Crippen LogP contribution >= 0.6 is 0 Å². The van der Waals surface area contributed by atoms with Crippen molar-refractivity contribution in [2.75, 3.05) is 19.7 Å². The molecule has 0 radical (unpaired) electrons. The molecule has 2 heterocycles. The van der Waals surface area contributed by atoms with E-state index in [0.29, 0.717) is 32.5 Å². The summed E-state index contributed by atoms with van der Waals surface area (Å²) in [7, 11) is 0. The summed E-state index contributed by atoms with van der Waals surface area (Å²) in [6.07, 6.45) is 2.80. The molecule has 0 bridgehead atoms. The molecule has 0 saturated carbocycles. The van der Waals surface area contributed by atoms with Crippen LogP contribution in [0.15, 0.2) is 0 Å². The lowest BCUT2D eigenvalue weighted by Gasteiger charge is -2.35. The predicted octanol–water partition coefficient (Wildman–Crippen LogP) is 0.879. The number of ether oxygens (including phenoxy) is 1. The van der Waals surface area contributed by atoms with Crippen LogP contribution in [0, 0.1) is 5.92 Å². The molecule has 2 saturated heterocycles. The number of carbonyl (C=O) groups is 2. The molecule has 0 spiro atoms. The van der Waals surface area contributed by atoms with Crippen LogP contribution < -0.4 is 0 Å². The fourth-order valence-corrected chi connectivity index (χ4v) is 2.61. The zero-order valence-electron chi connectivity index (χ0n) is 10.1. The third-order valence-corrected chi connectivity index (χ3v) is 3.80. The van der Waals surface area contributed by atoms with Crippen LogP contribution in [-0.4, -0.2) is 47.2 Å². The van der Waals surface area contributed by atoms with E-state index in [-0.39, 0.29) is 11.8 Å². The maximum atomic E-state index is 12.3. The van der Waals surface area contributed by atoms with Gasteiger partial charge in [-0.1, -0.05) is 0 Å². The monoisotopic (exact) mass is 241 g/mol. The molecule has 0 aromatic rings. The van der Waals surface area contributed by atoms with E-state index in [1.165, 1.54) is 0 Å². The van der Waals surface area contributed by atoms with E-state index >= 15 is 0 Å². The summed E-state index contributed by atoms with van der Waals surface area (Å²) in [4.78, 5) is 24.8. The van der Waals surface area contributed by atoms with E-state index in [0.717, 1.165) is 12.8 Å². The van der Waals surface area contributed by atoms with Crippen molar-refractivity contribution in [3.05, 3.63) is 0 Å². The van der Waals surface area contributed by atoms with Crippen LogP contribution in [0.4, 0.5) is 0 Å². The molecule has 2 fully saturated rings. The lowest BCUT2D eigenvalue weighted by Crippen LogP contribution is -2.50. The largest absolute Gasteiger partial charge is 0.481 e. The highest BCUT2D eigenvalue weighted by molar-refractivity contribution is 5.85. The number of carbonyl (C=O) groups excluding carboxylic acids is 1. The molecule has 2 rings (SSSR count). The Labute approximate surface area is 101 Å². The van der Waals surface area contributed by atoms with Gasteiger partial charge in [0.05, 0.1) is 5.92 Å². The number of aliphatic carboxylic acids is 1. The van der Waals surface area contributed by atoms with E-state index in [9.17, 15) is 9.59 Å². The molecule has 5 nitrogen and oxygen atoms in total. The molecule has 2 aliphatic rings. The Kier molecular flexibility index (Phi) is 3.38. The lowest BCUT2D eigenvalue weighted by atomic mass is 9.94. The first kappa shape index (κ1) is 12.4. The van der Waals surface area contributed by atoms with Crippen LogP contribution in [0.2, 0.25) is 0 Å². The third kappa shape index (κ3) is 2.44. The fraction of sp³-hybridized carbons (Fsp3) is 0.833. The smallest absolute Gasteiger partial charge is 0.306 e. The Morgan fingerprint density at radius 1 is 1.35 bits per heavy atom. The number of hydrogen-bond donors (Lipinski definition) is 1. The van der Waals surface area contributed by atoms with Gasteiger partial charge in [-0.15, -0.1) is 0 Å². The van der Waals surface area contributed by atoms with Crippen LogP contribution in [0.1, 0.15) is 32.6 Å². The summed E-state index contributed by atoms with van der Waals surface area (Å²) in [5, 5.41) is 8.90. The quantitative estimate of drug-likeness (QED) is 0.779. The van der Waals surface area contributed by atoms with Crippen LogP contribution in [0.3, 0.4) is 0 Å². The Hall–Kier alpha value is -1.10. The minimum Gasteiger partial charge on any atom is -0.481 e. The van der Waals surface area contributed by atoms with Gasteiger partial charge >= 0.3 is 5.97 Å². The molecule has 0 unspecified atom stereocenters. The summed E-state index contributed by atoms with van der Waals surface area (Å²) in [5.41, 5.74) is -0.671. The highest BCUT2D eigenvalue weighted by atomic mass is 16.5. The van der Waals surface area contributed by atoms with E-state index in [1.807, 2.05) is 6.92 Å². The number of carboxylic acid groups (broad SMARTS) is 1. The second-order valence-electron chi connectivity index (χ2n) is 5.09. The second-order valence-corrected chi connectivity index (χ2v) is 5.09. The topological polar surface area (TPSA) is 66.8 Å².